The summed E-state index contributed by atoms with van der Waals surface area (Å²) in [6.07, 6.45) is -12.3. The number of aromatic carboxylic acids is 2. The van der Waals surface area contributed by atoms with Crippen molar-refractivity contribution in [2.45, 2.75) is 34.5 Å². The lowest BCUT2D eigenvalue weighted by molar-refractivity contribution is -0.288. The smallest absolute Gasteiger partial charge is 0.411 e. The van der Waals surface area contributed by atoms with E-state index in [1.54, 1.807) is 19.1 Å². The van der Waals surface area contributed by atoms with Crippen molar-refractivity contribution >= 4 is 21.8 Å². The molecule has 0 aliphatic carbocycles. The molecule has 242 valence electrons. The maximum Gasteiger partial charge on any atom is 0.411 e. The maximum atomic E-state index is 14.7. The minimum atomic E-state index is -6.16. The van der Waals surface area contributed by atoms with Gasteiger partial charge in [-0.25, -0.2) is 18.0 Å². The number of methoxy groups -OCH3 is 1. The summed E-state index contributed by atoms with van der Waals surface area (Å²) in [6, 6.07) is 12.8. The Balaban J connectivity index is 1.83. The van der Waals surface area contributed by atoms with Gasteiger partial charge in [0.2, 0.25) is 15.3 Å². The van der Waals surface area contributed by atoms with Crippen LogP contribution in [-0.4, -0.2) is 50.0 Å². The number of alkyl halides is 6. The number of sulfone groups is 1. The molecular formula is C31H22F6O8S. The normalized spacial score (nSPS) is 12.4. The van der Waals surface area contributed by atoms with Crippen molar-refractivity contribution < 1.29 is 64.0 Å². The molecule has 0 unspecified atom stereocenters. The van der Waals surface area contributed by atoms with E-state index in [2.05, 4.69) is 0 Å². The second-order valence-corrected chi connectivity index (χ2v) is 11.8. The molecule has 0 aromatic heterocycles. The van der Waals surface area contributed by atoms with Gasteiger partial charge in [-0.3, -0.25) is 0 Å². The van der Waals surface area contributed by atoms with E-state index in [-0.39, 0.29) is 27.7 Å². The molecule has 0 amide bonds. The highest BCUT2D eigenvalue weighted by Crippen LogP contribution is 2.57. The summed E-state index contributed by atoms with van der Waals surface area (Å²) in [7, 11) is -2.99. The Kier molecular flexibility index (Phi) is 8.86. The second-order valence-electron chi connectivity index (χ2n) is 9.87. The summed E-state index contributed by atoms with van der Waals surface area (Å²) in [5, 5.41) is 19.2. The highest BCUT2D eigenvalue weighted by Gasteiger charge is 2.72. The average molecular weight is 669 g/mol. The SMILES string of the molecule is COc1ccc(C(c2ccc(Oc3ccc(S(=O)(=O)c4ccc(C)cc4)cc3)c(C(=O)O)c2)(C(F)(F)F)C(F)(F)F)cc1C(=O)O. The molecule has 0 aliphatic rings. The highest BCUT2D eigenvalue weighted by molar-refractivity contribution is 7.91. The molecule has 8 nitrogen and oxygen atoms in total. The zero-order chi connectivity index (χ0) is 34.2. The molecule has 0 saturated carbocycles. The lowest BCUT2D eigenvalue weighted by Crippen LogP contribution is -2.55. The average Bonchev–Trinajstić information content (AvgIpc) is 2.97. The van der Waals surface area contributed by atoms with Crippen molar-refractivity contribution in [1.82, 2.24) is 0 Å². The summed E-state index contributed by atoms with van der Waals surface area (Å²) < 4.78 is 124. The standard InChI is InChI=1S/C31H22F6O8S/c1-17-3-9-21(10-4-17)46(42,43)22-11-7-20(8-12-22)45-26-14-6-19(16-24(26)28(40)41)29(30(32,33)34,31(35,36)37)18-5-13-25(44-2)23(15-18)27(38)39/h3-16H,1-2H3,(H,38,39)(H,40,41). The first-order valence-electron chi connectivity index (χ1n) is 12.9. The minimum Gasteiger partial charge on any atom is -0.496 e. The molecule has 0 atom stereocenters. The fourth-order valence-corrected chi connectivity index (χ4v) is 6.04. The third kappa shape index (κ3) is 5.97. The van der Waals surface area contributed by atoms with E-state index in [1.807, 2.05) is 0 Å². The van der Waals surface area contributed by atoms with Gasteiger partial charge in [0.1, 0.15) is 28.4 Å². The Morgan fingerprint density at radius 3 is 1.48 bits per heavy atom. The van der Waals surface area contributed by atoms with E-state index >= 15 is 0 Å². The van der Waals surface area contributed by atoms with Gasteiger partial charge >= 0.3 is 24.3 Å². The summed E-state index contributed by atoms with van der Waals surface area (Å²) in [6.45, 7) is 1.76. The van der Waals surface area contributed by atoms with Gasteiger partial charge in [-0.15, -0.1) is 0 Å². The number of halogens is 6. The van der Waals surface area contributed by atoms with E-state index in [4.69, 9.17) is 9.47 Å². The van der Waals surface area contributed by atoms with Gasteiger partial charge in [-0.1, -0.05) is 29.8 Å². The third-order valence-electron chi connectivity index (χ3n) is 7.05. The molecule has 0 spiro atoms. The molecule has 0 aliphatic heterocycles. The van der Waals surface area contributed by atoms with Crippen molar-refractivity contribution in [1.29, 1.82) is 0 Å². The monoisotopic (exact) mass is 668 g/mol. The number of hydrogen-bond donors (Lipinski definition) is 2. The van der Waals surface area contributed by atoms with Gasteiger partial charge in [0, 0.05) is 0 Å². The van der Waals surface area contributed by atoms with Gasteiger partial charge in [-0.05, 0) is 78.7 Å². The van der Waals surface area contributed by atoms with Gasteiger partial charge < -0.3 is 19.7 Å². The van der Waals surface area contributed by atoms with E-state index in [0.29, 0.717) is 24.3 Å². The Hall–Kier alpha value is -5.05. The van der Waals surface area contributed by atoms with E-state index in [9.17, 15) is 54.6 Å². The van der Waals surface area contributed by atoms with Crippen molar-refractivity contribution in [3.63, 3.8) is 0 Å². The van der Waals surface area contributed by atoms with Crippen LogP contribution in [0.2, 0.25) is 0 Å². The fraction of sp³-hybridized carbons (Fsp3) is 0.161. The Labute approximate surface area is 257 Å². The number of rotatable bonds is 9. The molecule has 0 heterocycles. The van der Waals surface area contributed by atoms with Crippen LogP contribution in [0.25, 0.3) is 0 Å². The Morgan fingerprint density at radius 1 is 0.652 bits per heavy atom. The molecule has 0 saturated heterocycles. The first-order valence-corrected chi connectivity index (χ1v) is 14.4. The first-order chi connectivity index (χ1) is 21.3. The molecule has 4 aromatic rings. The van der Waals surface area contributed by atoms with Crippen molar-refractivity contribution in [2.75, 3.05) is 7.11 Å². The van der Waals surface area contributed by atoms with Crippen molar-refractivity contribution in [3.8, 4) is 17.2 Å². The van der Waals surface area contributed by atoms with E-state index < -0.39 is 73.3 Å². The third-order valence-corrected chi connectivity index (χ3v) is 8.83. The molecule has 0 fully saturated rings. The Bertz CT molecular complexity index is 1890. The summed E-state index contributed by atoms with van der Waals surface area (Å²) in [5.74, 6) is -5.18. The Morgan fingerprint density at radius 2 is 1.07 bits per heavy atom. The molecule has 4 rings (SSSR count). The van der Waals surface area contributed by atoms with E-state index in [1.165, 1.54) is 12.1 Å². The number of carboxylic acids is 2. The van der Waals surface area contributed by atoms with Crippen LogP contribution in [0.5, 0.6) is 17.2 Å². The lowest BCUT2D eigenvalue weighted by atomic mass is 9.72. The first kappa shape index (κ1) is 33.8. The molecule has 0 bridgehead atoms. The van der Waals surface area contributed by atoms with Crippen molar-refractivity contribution in [3.05, 3.63) is 113 Å². The van der Waals surface area contributed by atoms with Crippen LogP contribution in [0.3, 0.4) is 0 Å². The molecule has 4 aromatic carbocycles. The van der Waals surface area contributed by atoms with Crippen LogP contribution in [0.1, 0.15) is 37.4 Å². The molecule has 15 heteroatoms. The maximum absolute atomic E-state index is 14.7. The van der Waals surface area contributed by atoms with Crippen LogP contribution in [0.4, 0.5) is 26.3 Å². The number of carboxylic acid groups (broad SMARTS) is 2. The summed E-state index contributed by atoms with van der Waals surface area (Å²) >= 11 is 0. The molecule has 2 N–H and O–H groups in total. The van der Waals surface area contributed by atoms with Gasteiger partial charge in [0.25, 0.3) is 0 Å². The molecule has 0 radical (unpaired) electrons. The van der Waals surface area contributed by atoms with E-state index in [0.717, 1.165) is 36.9 Å². The van der Waals surface area contributed by atoms with Crippen LogP contribution < -0.4 is 9.47 Å². The quantitative estimate of drug-likeness (QED) is 0.176. The fourth-order valence-electron chi connectivity index (χ4n) is 4.78. The summed E-state index contributed by atoms with van der Waals surface area (Å²) in [5.41, 5.74) is -9.30. The minimum absolute atomic E-state index is 0.0133. The number of carbonyl (C=O) groups is 2. The number of hydrogen-bond acceptors (Lipinski definition) is 6. The number of benzene rings is 4. The topological polar surface area (TPSA) is 127 Å². The van der Waals surface area contributed by atoms with Crippen LogP contribution in [-0.2, 0) is 15.3 Å². The largest absolute Gasteiger partial charge is 0.496 e. The predicted molar refractivity (Wildman–Crippen MR) is 149 cm³/mol. The number of ether oxygens (including phenoxy) is 2. The van der Waals surface area contributed by atoms with Crippen LogP contribution in [0, 0.1) is 6.92 Å². The highest BCUT2D eigenvalue weighted by atomic mass is 32.2. The molecule has 46 heavy (non-hydrogen) atoms. The lowest BCUT2D eigenvalue weighted by Gasteiger charge is -2.38. The van der Waals surface area contributed by atoms with Gasteiger partial charge in [-0.2, -0.15) is 26.3 Å². The number of aryl methyl sites for hydroxylation is 1. The second kappa shape index (κ2) is 12.0. The molecular weight excluding hydrogens is 646 g/mol. The zero-order valence-corrected chi connectivity index (χ0v) is 24.4. The van der Waals surface area contributed by atoms with Gasteiger partial charge in [0.05, 0.1) is 16.9 Å². The van der Waals surface area contributed by atoms with Crippen LogP contribution >= 0.6 is 0 Å². The van der Waals surface area contributed by atoms with Gasteiger partial charge in [0.15, 0.2) is 0 Å². The predicted octanol–water partition coefficient (Wildman–Crippen LogP) is 7.44. The summed E-state index contributed by atoms with van der Waals surface area (Å²) in [4.78, 5) is 23.6. The van der Waals surface area contributed by atoms with Crippen molar-refractivity contribution in [2.24, 2.45) is 0 Å². The zero-order valence-electron chi connectivity index (χ0n) is 23.6. The van der Waals surface area contributed by atoms with Crippen LogP contribution in [0.15, 0.2) is 94.7 Å².